The van der Waals surface area contributed by atoms with Gasteiger partial charge in [-0.1, -0.05) is 286 Å². The van der Waals surface area contributed by atoms with Crippen molar-refractivity contribution >= 4 is 11.9 Å². The van der Waals surface area contributed by atoms with Crippen LogP contribution in [0, 0.1) is 0 Å². The molecule has 0 aromatic carbocycles. The standard InChI is InChI=1S/C74H135NO10/c1-3-5-7-9-11-13-15-37-41-44-48-52-56-60-67(77)66(65-84-74-73(82)72(81)71(80)68(64-76)85-74)75-69(78)61-57-53-49-45-42-38-35-33-31-29-27-25-23-21-19-17-16-18-20-22-24-26-28-30-32-34-36-39-43-47-51-55-59-63-83-70(79)62-58-54-50-46-40-14-12-10-8-6-4-2/h10,12,20,22,26,28,41,44,56,60,66-68,71-74,76-77,80-82H,3-9,11,13-19,21,23-25,27,29-40,42-43,45-55,57-59,61-65H2,1-2H3,(H,75,78)/b12-10-,22-20-,28-26-,44-41+,60-56+. The lowest BCUT2D eigenvalue weighted by atomic mass is 9.99. The number of esters is 1. The Morgan fingerprint density at radius 2 is 0.812 bits per heavy atom. The second-order valence-corrected chi connectivity index (χ2v) is 24.9. The average molecular weight is 1200 g/mol. The first-order valence-electron chi connectivity index (χ1n) is 36.1. The van der Waals surface area contributed by atoms with Crippen LogP contribution in [0.25, 0.3) is 0 Å². The Bertz CT molecular complexity index is 1600. The number of amides is 1. The second kappa shape index (κ2) is 62.9. The van der Waals surface area contributed by atoms with Crippen molar-refractivity contribution in [3.05, 3.63) is 60.8 Å². The number of aliphatic hydroxyl groups is 5. The van der Waals surface area contributed by atoms with Gasteiger partial charge >= 0.3 is 5.97 Å². The Morgan fingerprint density at radius 3 is 1.27 bits per heavy atom. The molecule has 0 aromatic rings. The molecule has 1 saturated heterocycles. The van der Waals surface area contributed by atoms with Crippen LogP contribution >= 0.6 is 0 Å². The van der Waals surface area contributed by atoms with Crippen molar-refractivity contribution < 1.29 is 49.3 Å². The van der Waals surface area contributed by atoms with E-state index in [4.69, 9.17) is 14.2 Å². The Hall–Kier alpha value is -2.64. The number of rotatable bonds is 63. The van der Waals surface area contributed by atoms with Gasteiger partial charge in [-0.05, 0) is 96.3 Å². The third kappa shape index (κ3) is 51.9. The highest BCUT2D eigenvalue weighted by Crippen LogP contribution is 2.23. The lowest BCUT2D eigenvalue weighted by molar-refractivity contribution is -0.302. The van der Waals surface area contributed by atoms with Crippen LogP contribution in [0.2, 0.25) is 0 Å². The molecule has 6 N–H and O–H groups in total. The number of carbonyl (C=O) groups excluding carboxylic acids is 2. The molecule has 11 nitrogen and oxygen atoms in total. The Morgan fingerprint density at radius 1 is 0.435 bits per heavy atom. The Kier molecular flexibility index (Phi) is 59.5. The zero-order valence-electron chi connectivity index (χ0n) is 55.1. The highest BCUT2D eigenvalue weighted by Gasteiger charge is 2.44. The van der Waals surface area contributed by atoms with E-state index in [1.165, 1.54) is 244 Å². The molecule has 1 fully saturated rings. The van der Waals surface area contributed by atoms with Crippen molar-refractivity contribution in [1.82, 2.24) is 5.32 Å². The summed E-state index contributed by atoms with van der Waals surface area (Å²) in [4.78, 5) is 25.1. The van der Waals surface area contributed by atoms with Crippen molar-refractivity contribution in [2.45, 2.75) is 378 Å². The number of nitrogens with one attached hydrogen (secondary N) is 1. The summed E-state index contributed by atoms with van der Waals surface area (Å²) in [7, 11) is 0. The Balaban J connectivity index is 1.97. The average Bonchev–Trinajstić information content (AvgIpc) is 3.71. The van der Waals surface area contributed by atoms with E-state index in [2.05, 4.69) is 67.8 Å². The molecular formula is C74H135NO10. The summed E-state index contributed by atoms with van der Waals surface area (Å²) in [6, 6.07) is -0.827. The van der Waals surface area contributed by atoms with E-state index in [0.29, 0.717) is 19.4 Å². The van der Waals surface area contributed by atoms with E-state index in [9.17, 15) is 35.1 Å². The van der Waals surface area contributed by atoms with Gasteiger partial charge in [0.2, 0.25) is 5.91 Å². The molecule has 1 amide bonds. The van der Waals surface area contributed by atoms with E-state index in [1.807, 2.05) is 6.08 Å². The molecule has 1 aliphatic rings. The quantitative estimate of drug-likeness (QED) is 0.0195. The van der Waals surface area contributed by atoms with Gasteiger partial charge in [-0.2, -0.15) is 0 Å². The minimum Gasteiger partial charge on any atom is -0.466 e. The largest absolute Gasteiger partial charge is 0.466 e. The number of hydrogen-bond acceptors (Lipinski definition) is 10. The molecule has 1 aliphatic heterocycles. The monoisotopic (exact) mass is 1200 g/mol. The van der Waals surface area contributed by atoms with Gasteiger partial charge in [0.1, 0.15) is 24.4 Å². The maximum atomic E-state index is 13.1. The smallest absolute Gasteiger partial charge is 0.305 e. The van der Waals surface area contributed by atoms with Crippen LogP contribution in [0.5, 0.6) is 0 Å². The van der Waals surface area contributed by atoms with Gasteiger partial charge in [-0.15, -0.1) is 0 Å². The van der Waals surface area contributed by atoms with Crippen molar-refractivity contribution in [2.75, 3.05) is 19.8 Å². The molecule has 11 heteroatoms. The highest BCUT2D eigenvalue weighted by molar-refractivity contribution is 5.76. The van der Waals surface area contributed by atoms with E-state index < -0.39 is 49.5 Å². The SMILES string of the molecule is CCCC/C=C\CCCCCCCC(=O)OCCCCCCCCCCC/C=C\C/C=C\CCCCCCCCCCCCCCCCCCCC(=O)NC(COC1OC(CO)C(O)C(O)C1O)C(O)/C=C/CC/C=C/CCCCCCCCC. The summed E-state index contributed by atoms with van der Waals surface area (Å²) in [6.07, 6.45) is 73.6. The summed E-state index contributed by atoms with van der Waals surface area (Å²) in [6.45, 7) is 4.30. The summed E-state index contributed by atoms with van der Waals surface area (Å²) in [5.41, 5.74) is 0. The summed E-state index contributed by atoms with van der Waals surface area (Å²) in [5.74, 6) is -0.194. The van der Waals surface area contributed by atoms with Gasteiger partial charge in [0.15, 0.2) is 6.29 Å². The Labute approximate surface area is 522 Å². The number of carbonyl (C=O) groups is 2. The zero-order chi connectivity index (χ0) is 61.6. The molecular weight excluding hydrogens is 1060 g/mol. The molecule has 85 heavy (non-hydrogen) atoms. The number of unbranched alkanes of at least 4 members (excludes halogenated alkanes) is 41. The van der Waals surface area contributed by atoms with Gasteiger partial charge in [0.25, 0.3) is 0 Å². The molecule has 1 rings (SSSR count). The normalized spacial score (nSPS) is 18.3. The molecule has 7 unspecified atom stereocenters. The van der Waals surface area contributed by atoms with Crippen LogP contribution in [0.15, 0.2) is 60.8 Å². The number of ether oxygens (including phenoxy) is 3. The number of aliphatic hydroxyl groups excluding tert-OH is 5. The summed E-state index contributed by atoms with van der Waals surface area (Å²) < 4.78 is 16.7. The first-order valence-corrected chi connectivity index (χ1v) is 36.1. The van der Waals surface area contributed by atoms with Crippen molar-refractivity contribution in [3.63, 3.8) is 0 Å². The minimum atomic E-state index is -1.58. The molecule has 0 saturated carbocycles. The predicted octanol–water partition coefficient (Wildman–Crippen LogP) is 18.5. The first-order chi connectivity index (χ1) is 41.7. The lowest BCUT2D eigenvalue weighted by Gasteiger charge is -2.40. The molecule has 496 valence electrons. The van der Waals surface area contributed by atoms with Crippen molar-refractivity contribution in [3.8, 4) is 0 Å². The van der Waals surface area contributed by atoms with Gasteiger partial charge in [-0.3, -0.25) is 9.59 Å². The number of hydrogen-bond donors (Lipinski definition) is 6. The fraction of sp³-hybridized carbons (Fsp3) is 0.838. The van der Waals surface area contributed by atoms with Crippen molar-refractivity contribution in [2.24, 2.45) is 0 Å². The lowest BCUT2D eigenvalue weighted by Crippen LogP contribution is -2.60. The van der Waals surface area contributed by atoms with E-state index in [1.54, 1.807) is 6.08 Å². The van der Waals surface area contributed by atoms with Crippen LogP contribution in [-0.2, 0) is 23.8 Å². The molecule has 0 spiro atoms. The van der Waals surface area contributed by atoms with Gasteiger partial charge < -0.3 is 45.1 Å². The predicted molar refractivity (Wildman–Crippen MR) is 357 cm³/mol. The molecule has 7 atom stereocenters. The topological polar surface area (TPSA) is 175 Å². The van der Waals surface area contributed by atoms with E-state index in [0.717, 1.165) is 64.2 Å². The van der Waals surface area contributed by atoms with Gasteiger partial charge in [0, 0.05) is 12.8 Å². The van der Waals surface area contributed by atoms with Crippen LogP contribution in [-0.4, -0.2) is 100 Å². The van der Waals surface area contributed by atoms with Crippen LogP contribution in [0.3, 0.4) is 0 Å². The summed E-state index contributed by atoms with van der Waals surface area (Å²) in [5, 5.41) is 54.5. The zero-order valence-corrected chi connectivity index (χ0v) is 55.1. The third-order valence-electron chi connectivity index (χ3n) is 16.8. The van der Waals surface area contributed by atoms with Crippen molar-refractivity contribution in [1.29, 1.82) is 0 Å². The molecule has 0 aliphatic carbocycles. The minimum absolute atomic E-state index is 0.00469. The maximum absolute atomic E-state index is 13.1. The third-order valence-corrected chi connectivity index (χ3v) is 16.8. The molecule has 0 aromatic heterocycles. The van der Waals surface area contributed by atoms with E-state index in [-0.39, 0.29) is 18.5 Å². The fourth-order valence-electron chi connectivity index (χ4n) is 11.1. The van der Waals surface area contributed by atoms with Crippen LogP contribution < -0.4 is 5.32 Å². The molecule has 1 heterocycles. The maximum Gasteiger partial charge on any atom is 0.305 e. The number of allylic oxidation sites excluding steroid dienone is 9. The van der Waals surface area contributed by atoms with Gasteiger partial charge in [-0.25, -0.2) is 0 Å². The molecule has 0 radical (unpaired) electrons. The second-order valence-electron chi connectivity index (χ2n) is 24.9. The van der Waals surface area contributed by atoms with E-state index >= 15 is 0 Å². The van der Waals surface area contributed by atoms with Crippen LogP contribution in [0.1, 0.15) is 335 Å². The van der Waals surface area contributed by atoms with Gasteiger partial charge in [0.05, 0.1) is 32.0 Å². The molecule has 0 bridgehead atoms. The summed E-state index contributed by atoms with van der Waals surface area (Å²) >= 11 is 0. The fourth-order valence-corrected chi connectivity index (χ4v) is 11.1. The highest BCUT2D eigenvalue weighted by atomic mass is 16.7. The first kappa shape index (κ1) is 80.4. The van der Waals surface area contributed by atoms with Crippen LogP contribution in [0.4, 0.5) is 0 Å².